The van der Waals surface area contributed by atoms with Gasteiger partial charge < -0.3 is 10.2 Å². The summed E-state index contributed by atoms with van der Waals surface area (Å²) < 4.78 is 0. The lowest BCUT2D eigenvalue weighted by Gasteiger charge is -2.40. The SMILES string of the molecule is CC(C)c1ccc(C(=O)NC(=S)Nc2ccccc2C(=O)N2CCN(C(c3ccccc3)c3ccccc3)CC2)cc1. The Morgan fingerprint density at radius 3 is 1.81 bits per heavy atom. The molecule has 0 spiro atoms. The van der Waals surface area contributed by atoms with Gasteiger partial charge in [0.05, 0.1) is 17.3 Å². The zero-order valence-corrected chi connectivity index (χ0v) is 24.8. The van der Waals surface area contributed by atoms with Crippen molar-refractivity contribution in [1.82, 2.24) is 15.1 Å². The van der Waals surface area contributed by atoms with Crippen molar-refractivity contribution in [2.45, 2.75) is 25.8 Å². The van der Waals surface area contributed by atoms with Crippen LogP contribution in [-0.4, -0.2) is 52.9 Å². The predicted octanol–water partition coefficient (Wildman–Crippen LogP) is 6.48. The van der Waals surface area contributed by atoms with Gasteiger partial charge in [-0.15, -0.1) is 0 Å². The van der Waals surface area contributed by atoms with Crippen molar-refractivity contribution < 1.29 is 9.59 Å². The molecule has 6 nitrogen and oxygen atoms in total. The molecular formula is C35H36N4O2S. The summed E-state index contributed by atoms with van der Waals surface area (Å²) in [5.74, 6) is 0.0252. The van der Waals surface area contributed by atoms with E-state index in [2.05, 4.69) is 77.9 Å². The topological polar surface area (TPSA) is 64.7 Å². The van der Waals surface area contributed by atoms with Crippen LogP contribution in [0.4, 0.5) is 5.69 Å². The highest BCUT2D eigenvalue weighted by Crippen LogP contribution is 2.30. The van der Waals surface area contributed by atoms with Crippen molar-refractivity contribution in [3.05, 3.63) is 137 Å². The molecule has 0 aromatic heterocycles. The van der Waals surface area contributed by atoms with Gasteiger partial charge in [0.15, 0.2) is 5.11 Å². The van der Waals surface area contributed by atoms with E-state index in [1.807, 2.05) is 41.3 Å². The van der Waals surface area contributed by atoms with E-state index in [0.717, 1.165) is 18.7 Å². The number of nitrogens with one attached hydrogen (secondary N) is 2. The molecule has 42 heavy (non-hydrogen) atoms. The summed E-state index contributed by atoms with van der Waals surface area (Å²) in [5, 5.41) is 5.96. The molecule has 2 N–H and O–H groups in total. The number of para-hydroxylation sites is 1. The summed E-state index contributed by atoms with van der Waals surface area (Å²) in [5.41, 5.74) is 5.25. The average molecular weight is 577 g/mol. The smallest absolute Gasteiger partial charge is 0.257 e. The Balaban J connectivity index is 1.23. The summed E-state index contributed by atoms with van der Waals surface area (Å²) in [7, 11) is 0. The Kier molecular flexibility index (Phi) is 9.41. The van der Waals surface area contributed by atoms with E-state index in [1.165, 1.54) is 11.1 Å². The molecule has 2 amide bonds. The van der Waals surface area contributed by atoms with Crippen molar-refractivity contribution in [2.24, 2.45) is 0 Å². The van der Waals surface area contributed by atoms with Crippen molar-refractivity contribution in [1.29, 1.82) is 0 Å². The number of benzene rings is 4. The number of anilines is 1. The fourth-order valence-corrected chi connectivity index (χ4v) is 5.57. The number of carbonyl (C=O) groups is 2. The van der Waals surface area contributed by atoms with E-state index < -0.39 is 0 Å². The number of hydrogen-bond donors (Lipinski definition) is 2. The van der Waals surface area contributed by atoms with Crippen LogP contribution in [0.2, 0.25) is 0 Å². The van der Waals surface area contributed by atoms with E-state index in [0.29, 0.717) is 35.8 Å². The maximum absolute atomic E-state index is 13.7. The maximum atomic E-state index is 13.7. The van der Waals surface area contributed by atoms with Crippen LogP contribution in [0.1, 0.15) is 63.2 Å². The molecule has 1 aliphatic heterocycles. The third-order valence-electron chi connectivity index (χ3n) is 7.67. The Bertz CT molecular complexity index is 1480. The number of rotatable bonds is 7. The van der Waals surface area contributed by atoms with Crippen LogP contribution < -0.4 is 10.6 Å². The van der Waals surface area contributed by atoms with Gasteiger partial charge >= 0.3 is 0 Å². The lowest BCUT2D eigenvalue weighted by molar-refractivity contribution is 0.0598. The summed E-state index contributed by atoms with van der Waals surface area (Å²) in [6, 6.07) is 35.9. The molecule has 0 bridgehead atoms. The van der Waals surface area contributed by atoms with Gasteiger partial charge in [0, 0.05) is 31.7 Å². The molecule has 1 saturated heterocycles. The molecule has 1 heterocycles. The van der Waals surface area contributed by atoms with Crippen LogP contribution in [-0.2, 0) is 0 Å². The first-order chi connectivity index (χ1) is 20.4. The van der Waals surface area contributed by atoms with Crippen LogP contribution in [0.3, 0.4) is 0 Å². The minimum atomic E-state index is -0.297. The van der Waals surface area contributed by atoms with E-state index in [-0.39, 0.29) is 23.0 Å². The first-order valence-corrected chi connectivity index (χ1v) is 14.8. The predicted molar refractivity (Wildman–Crippen MR) is 173 cm³/mol. The number of hydrogen-bond acceptors (Lipinski definition) is 4. The third kappa shape index (κ3) is 6.93. The summed E-state index contributed by atoms with van der Waals surface area (Å²) >= 11 is 5.44. The molecule has 0 unspecified atom stereocenters. The molecule has 5 rings (SSSR count). The first-order valence-electron chi connectivity index (χ1n) is 14.3. The van der Waals surface area contributed by atoms with Gasteiger partial charge in [0.2, 0.25) is 0 Å². The fourth-order valence-electron chi connectivity index (χ4n) is 5.37. The zero-order chi connectivity index (χ0) is 29.5. The highest BCUT2D eigenvalue weighted by Gasteiger charge is 2.29. The summed E-state index contributed by atoms with van der Waals surface area (Å²) in [6.45, 7) is 6.94. The Morgan fingerprint density at radius 1 is 0.690 bits per heavy atom. The van der Waals surface area contributed by atoms with Gasteiger partial charge in [0.25, 0.3) is 11.8 Å². The van der Waals surface area contributed by atoms with Crippen LogP contribution in [0, 0.1) is 0 Å². The van der Waals surface area contributed by atoms with Crippen LogP contribution in [0.5, 0.6) is 0 Å². The number of carbonyl (C=O) groups excluding carboxylic acids is 2. The van der Waals surface area contributed by atoms with Crippen molar-refractivity contribution in [3.8, 4) is 0 Å². The normalized spacial score (nSPS) is 13.7. The highest BCUT2D eigenvalue weighted by molar-refractivity contribution is 7.80. The molecule has 0 saturated carbocycles. The molecule has 4 aromatic carbocycles. The largest absolute Gasteiger partial charge is 0.336 e. The number of piperazine rings is 1. The molecule has 0 atom stereocenters. The lowest BCUT2D eigenvalue weighted by atomic mass is 9.96. The molecular weight excluding hydrogens is 540 g/mol. The average Bonchev–Trinajstić information content (AvgIpc) is 3.02. The van der Waals surface area contributed by atoms with E-state index in [4.69, 9.17) is 12.2 Å². The second-order valence-electron chi connectivity index (χ2n) is 10.8. The monoisotopic (exact) mass is 576 g/mol. The van der Waals surface area contributed by atoms with Gasteiger partial charge in [-0.25, -0.2) is 0 Å². The first kappa shape index (κ1) is 29.2. The molecule has 1 aliphatic rings. The van der Waals surface area contributed by atoms with Gasteiger partial charge in [-0.3, -0.25) is 19.8 Å². The number of amides is 2. The van der Waals surface area contributed by atoms with Crippen molar-refractivity contribution >= 4 is 34.8 Å². The number of nitrogens with zero attached hydrogens (tertiary/aromatic N) is 2. The summed E-state index contributed by atoms with van der Waals surface area (Å²) in [4.78, 5) is 30.8. The second-order valence-corrected chi connectivity index (χ2v) is 11.2. The maximum Gasteiger partial charge on any atom is 0.257 e. The summed E-state index contributed by atoms with van der Waals surface area (Å²) in [6.07, 6.45) is 0. The standard InChI is InChI=1S/C35H36N4O2S/c1-25(2)26-17-19-29(20-18-26)33(40)37-35(42)36-31-16-10-9-15-30(31)34(41)39-23-21-38(22-24-39)32(27-11-5-3-6-12-27)28-13-7-4-8-14-28/h3-20,25,32H,21-24H2,1-2H3,(H2,36,37,40,42). The van der Waals surface area contributed by atoms with Crippen LogP contribution >= 0.6 is 12.2 Å². The molecule has 4 aromatic rings. The zero-order valence-electron chi connectivity index (χ0n) is 24.0. The van der Waals surface area contributed by atoms with E-state index >= 15 is 0 Å². The van der Waals surface area contributed by atoms with E-state index in [1.54, 1.807) is 24.3 Å². The van der Waals surface area contributed by atoms with Crippen LogP contribution in [0.15, 0.2) is 109 Å². The van der Waals surface area contributed by atoms with Gasteiger partial charge in [-0.1, -0.05) is 98.8 Å². The lowest BCUT2D eigenvalue weighted by Crippen LogP contribution is -2.50. The van der Waals surface area contributed by atoms with Crippen molar-refractivity contribution in [2.75, 3.05) is 31.5 Å². The second kappa shape index (κ2) is 13.6. The minimum Gasteiger partial charge on any atom is -0.336 e. The molecule has 7 heteroatoms. The Morgan fingerprint density at radius 2 is 1.24 bits per heavy atom. The molecule has 1 fully saturated rings. The van der Waals surface area contributed by atoms with Gasteiger partial charge in [-0.2, -0.15) is 0 Å². The quantitative estimate of drug-likeness (QED) is 0.247. The van der Waals surface area contributed by atoms with Gasteiger partial charge in [0.1, 0.15) is 0 Å². The van der Waals surface area contributed by atoms with Crippen LogP contribution in [0.25, 0.3) is 0 Å². The van der Waals surface area contributed by atoms with Gasteiger partial charge in [-0.05, 0) is 59.1 Å². The molecule has 0 radical (unpaired) electrons. The highest BCUT2D eigenvalue weighted by atomic mass is 32.1. The van der Waals surface area contributed by atoms with E-state index in [9.17, 15) is 9.59 Å². The fraction of sp³-hybridized carbons (Fsp3) is 0.229. The third-order valence-corrected chi connectivity index (χ3v) is 7.87. The molecule has 214 valence electrons. The molecule has 0 aliphatic carbocycles. The van der Waals surface area contributed by atoms with Crippen molar-refractivity contribution in [3.63, 3.8) is 0 Å². The number of thiocarbonyl (C=S) groups is 1. The minimum absolute atomic E-state index is 0.0628. The Hall–Kier alpha value is -4.33. The Labute approximate surface area is 253 Å².